The summed E-state index contributed by atoms with van der Waals surface area (Å²) in [6.45, 7) is 5.89. The highest BCUT2D eigenvalue weighted by atomic mass is 16.2. The summed E-state index contributed by atoms with van der Waals surface area (Å²) in [5.74, 6) is 0.0272. The lowest BCUT2D eigenvalue weighted by atomic mass is 9.98. The number of hydrogen-bond donors (Lipinski definition) is 2. The molecule has 0 aliphatic heterocycles. The molecule has 3 N–H and O–H groups in total. The molecule has 1 amide bonds. The molecule has 4 heteroatoms. The average Bonchev–Trinajstić information content (AvgIpc) is 2.45. The van der Waals surface area contributed by atoms with Crippen LogP contribution >= 0.6 is 0 Å². The van der Waals surface area contributed by atoms with Crippen molar-refractivity contribution >= 4 is 5.91 Å². The zero-order valence-electron chi connectivity index (χ0n) is 11.7. The molecule has 3 atom stereocenters. The normalized spacial score (nSPS) is 15.1. The summed E-state index contributed by atoms with van der Waals surface area (Å²) < 4.78 is 0. The average molecular weight is 259 g/mol. The van der Waals surface area contributed by atoms with Crippen LogP contribution in [0.25, 0.3) is 0 Å². The number of rotatable bonds is 5. The van der Waals surface area contributed by atoms with Crippen LogP contribution in [0.15, 0.2) is 24.3 Å². The van der Waals surface area contributed by atoms with Crippen LogP contribution in [0.3, 0.4) is 0 Å². The van der Waals surface area contributed by atoms with Gasteiger partial charge < -0.3 is 11.1 Å². The molecule has 0 fully saturated rings. The fraction of sp³-hybridized carbons (Fsp3) is 0.467. The van der Waals surface area contributed by atoms with Crippen LogP contribution in [0, 0.1) is 17.2 Å². The molecule has 0 aromatic heterocycles. The third-order valence-electron chi connectivity index (χ3n) is 3.46. The minimum absolute atomic E-state index is 0.115. The number of nitrogens with two attached hydrogens (primary N) is 1. The summed E-state index contributed by atoms with van der Waals surface area (Å²) >= 11 is 0. The topological polar surface area (TPSA) is 78.9 Å². The van der Waals surface area contributed by atoms with Crippen LogP contribution < -0.4 is 11.1 Å². The van der Waals surface area contributed by atoms with Crippen molar-refractivity contribution in [3.63, 3.8) is 0 Å². The zero-order valence-corrected chi connectivity index (χ0v) is 11.7. The van der Waals surface area contributed by atoms with E-state index in [1.165, 1.54) is 0 Å². The minimum Gasteiger partial charge on any atom is -0.348 e. The second-order valence-electron chi connectivity index (χ2n) is 4.88. The maximum absolute atomic E-state index is 12.0. The van der Waals surface area contributed by atoms with Crippen LogP contribution in [0.5, 0.6) is 0 Å². The maximum Gasteiger partial charge on any atom is 0.237 e. The van der Waals surface area contributed by atoms with Gasteiger partial charge in [0.25, 0.3) is 0 Å². The van der Waals surface area contributed by atoms with Crippen LogP contribution in [0.1, 0.15) is 44.4 Å². The third-order valence-corrected chi connectivity index (χ3v) is 3.46. The van der Waals surface area contributed by atoms with E-state index in [2.05, 4.69) is 11.4 Å². The Morgan fingerprint density at radius 1 is 1.37 bits per heavy atom. The highest BCUT2D eigenvalue weighted by Crippen LogP contribution is 2.14. The van der Waals surface area contributed by atoms with Crippen molar-refractivity contribution < 1.29 is 4.79 Å². The molecule has 0 aliphatic carbocycles. The Labute approximate surface area is 114 Å². The van der Waals surface area contributed by atoms with E-state index in [1.807, 2.05) is 32.9 Å². The van der Waals surface area contributed by atoms with Gasteiger partial charge >= 0.3 is 0 Å². The SMILES string of the molecule is CCC(C)C(N)C(=O)NC(C)c1ccc(C#N)cc1. The summed E-state index contributed by atoms with van der Waals surface area (Å²) in [5, 5.41) is 11.6. The van der Waals surface area contributed by atoms with E-state index in [1.54, 1.807) is 12.1 Å². The number of nitrogens with zero attached hydrogens (tertiary/aromatic N) is 1. The van der Waals surface area contributed by atoms with E-state index < -0.39 is 6.04 Å². The summed E-state index contributed by atoms with van der Waals surface area (Å²) in [7, 11) is 0. The van der Waals surface area contributed by atoms with Crippen molar-refractivity contribution in [3.8, 4) is 6.07 Å². The summed E-state index contributed by atoms with van der Waals surface area (Å²) in [6, 6.07) is 8.65. The molecule has 3 unspecified atom stereocenters. The molecule has 0 radical (unpaired) electrons. The van der Waals surface area contributed by atoms with Gasteiger partial charge in [-0.25, -0.2) is 0 Å². The van der Waals surface area contributed by atoms with Gasteiger partial charge in [0.05, 0.1) is 23.7 Å². The minimum atomic E-state index is -0.481. The zero-order chi connectivity index (χ0) is 14.4. The Morgan fingerprint density at radius 2 is 1.95 bits per heavy atom. The Hall–Kier alpha value is -1.86. The fourth-order valence-electron chi connectivity index (χ4n) is 1.75. The highest BCUT2D eigenvalue weighted by molar-refractivity contribution is 5.82. The molecule has 0 bridgehead atoms. The van der Waals surface area contributed by atoms with Gasteiger partial charge in [0.15, 0.2) is 0 Å². The number of benzene rings is 1. The number of nitriles is 1. The molecule has 1 aromatic carbocycles. The van der Waals surface area contributed by atoms with Gasteiger partial charge in [-0.3, -0.25) is 4.79 Å². The molecule has 0 saturated heterocycles. The summed E-state index contributed by atoms with van der Waals surface area (Å²) in [4.78, 5) is 12.0. The first-order chi connectivity index (χ1) is 8.99. The predicted octanol–water partition coefficient (Wildman–Crippen LogP) is 2.11. The van der Waals surface area contributed by atoms with E-state index in [0.717, 1.165) is 12.0 Å². The van der Waals surface area contributed by atoms with E-state index in [-0.39, 0.29) is 17.9 Å². The van der Waals surface area contributed by atoms with Crippen molar-refractivity contribution in [2.45, 2.75) is 39.3 Å². The largest absolute Gasteiger partial charge is 0.348 e. The van der Waals surface area contributed by atoms with E-state index in [4.69, 9.17) is 11.0 Å². The number of carbonyl (C=O) groups excluding carboxylic acids is 1. The van der Waals surface area contributed by atoms with E-state index in [9.17, 15) is 4.79 Å². The molecule has 0 spiro atoms. The van der Waals surface area contributed by atoms with Gasteiger partial charge in [0.1, 0.15) is 0 Å². The summed E-state index contributed by atoms with van der Waals surface area (Å²) in [5.41, 5.74) is 7.46. The summed E-state index contributed by atoms with van der Waals surface area (Å²) in [6.07, 6.45) is 0.875. The number of nitrogens with one attached hydrogen (secondary N) is 1. The van der Waals surface area contributed by atoms with Gasteiger partial charge in [0.2, 0.25) is 5.91 Å². The van der Waals surface area contributed by atoms with Crippen LogP contribution in [0.2, 0.25) is 0 Å². The Kier molecular flexibility index (Phi) is 5.53. The Morgan fingerprint density at radius 3 is 2.42 bits per heavy atom. The molecule has 102 valence electrons. The van der Waals surface area contributed by atoms with Gasteiger partial charge in [-0.05, 0) is 30.5 Å². The van der Waals surface area contributed by atoms with E-state index in [0.29, 0.717) is 5.56 Å². The second kappa shape index (κ2) is 6.91. The molecule has 0 heterocycles. The molecule has 0 aliphatic rings. The van der Waals surface area contributed by atoms with Crippen LogP contribution in [-0.2, 0) is 4.79 Å². The van der Waals surface area contributed by atoms with Crippen LogP contribution in [-0.4, -0.2) is 11.9 Å². The number of carbonyl (C=O) groups is 1. The highest BCUT2D eigenvalue weighted by Gasteiger charge is 2.21. The van der Waals surface area contributed by atoms with E-state index >= 15 is 0 Å². The van der Waals surface area contributed by atoms with Crippen LogP contribution in [0.4, 0.5) is 0 Å². The quantitative estimate of drug-likeness (QED) is 0.850. The molecule has 4 nitrogen and oxygen atoms in total. The van der Waals surface area contributed by atoms with Gasteiger partial charge in [0, 0.05) is 0 Å². The van der Waals surface area contributed by atoms with Gasteiger partial charge in [-0.2, -0.15) is 5.26 Å². The fourth-order valence-corrected chi connectivity index (χ4v) is 1.75. The molecule has 0 saturated carbocycles. The van der Waals surface area contributed by atoms with Crippen molar-refractivity contribution in [1.82, 2.24) is 5.32 Å². The van der Waals surface area contributed by atoms with Gasteiger partial charge in [-0.1, -0.05) is 32.4 Å². The van der Waals surface area contributed by atoms with Crippen molar-refractivity contribution in [2.75, 3.05) is 0 Å². The molecule has 1 aromatic rings. The standard InChI is InChI=1S/C15H21N3O/c1-4-10(2)14(17)15(19)18-11(3)13-7-5-12(9-16)6-8-13/h5-8,10-11,14H,4,17H2,1-3H3,(H,18,19). The first-order valence-electron chi connectivity index (χ1n) is 6.55. The number of hydrogen-bond acceptors (Lipinski definition) is 3. The Balaban J connectivity index is 2.66. The third kappa shape index (κ3) is 4.08. The number of amides is 1. The Bertz CT molecular complexity index is 461. The first kappa shape index (κ1) is 15.2. The molecular weight excluding hydrogens is 238 g/mol. The molecular formula is C15H21N3O. The predicted molar refractivity (Wildman–Crippen MR) is 75.1 cm³/mol. The van der Waals surface area contributed by atoms with Crippen molar-refractivity contribution in [2.24, 2.45) is 11.7 Å². The monoisotopic (exact) mass is 259 g/mol. The second-order valence-corrected chi connectivity index (χ2v) is 4.88. The molecule has 1 rings (SSSR count). The first-order valence-corrected chi connectivity index (χ1v) is 6.55. The molecule has 19 heavy (non-hydrogen) atoms. The maximum atomic E-state index is 12.0. The van der Waals surface area contributed by atoms with Crippen molar-refractivity contribution in [3.05, 3.63) is 35.4 Å². The van der Waals surface area contributed by atoms with Crippen molar-refractivity contribution in [1.29, 1.82) is 5.26 Å². The smallest absolute Gasteiger partial charge is 0.237 e. The lowest BCUT2D eigenvalue weighted by molar-refractivity contribution is -0.124. The lowest BCUT2D eigenvalue weighted by Crippen LogP contribution is -2.45. The lowest BCUT2D eigenvalue weighted by Gasteiger charge is -2.21. The van der Waals surface area contributed by atoms with Gasteiger partial charge in [-0.15, -0.1) is 0 Å².